The smallest absolute Gasteiger partial charge is 0.128 e. The van der Waals surface area contributed by atoms with Crippen molar-refractivity contribution < 1.29 is 0 Å². The zero-order valence-corrected chi connectivity index (χ0v) is 13.4. The number of nitriles is 1. The summed E-state index contributed by atoms with van der Waals surface area (Å²) in [4.78, 5) is 1.73. The van der Waals surface area contributed by atoms with E-state index in [1.165, 1.54) is 16.9 Å². The maximum absolute atomic E-state index is 9.16. The highest BCUT2D eigenvalue weighted by atomic mass is 79.9. The fraction of sp³-hybridized carbons (Fsp3) is 0.267. The summed E-state index contributed by atoms with van der Waals surface area (Å²) in [6.45, 7) is 4.19. The first-order valence-corrected chi connectivity index (χ1v) is 7.77. The summed E-state index contributed by atoms with van der Waals surface area (Å²) in [5.74, 6) is 0. The average Bonchev–Trinajstić information content (AvgIpc) is 2.71. The van der Waals surface area contributed by atoms with Crippen LogP contribution in [0, 0.1) is 18.3 Å². The highest BCUT2D eigenvalue weighted by molar-refractivity contribution is 9.10. The van der Waals surface area contributed by atoms with E-state index < -0.39 is 0 Å². The lowest BCUT2D eigenvalue weighted by atomic mass is 10.0. The van der Waals surface area contributed by atoms with Crippen molar-refractivity contribution in [2.75, 3.05) is 5.73 Å². The van der Waals surface area contributed by atoms with Gasteiger partial charge in [0.2, 0.25) is 0 Å². The molecule has 1 heterocycles. The Hall–Kier alpha value is -1.31. The van der Waals surface area contributed by atoms with Crippen LogP contribution < -0.4 is 5.73 Å². The molecule has 0 aliphatic carbocycles. The molecule has 1 aromatic carbocycles. The summed E-state index contributed by atoms with van der Waals surface area (Å²) in [5, 5.41) is 9.16. The van der Waals surface area contributed by atoms with Gasteiger partial charge in [0.1, 0.15) is 10.9 Å². The molecule has 1 aromatic heterocycles. The fourth-order valence-electron chi connectivity index (χ4n) is 2.10. The highest BCUT2D eigenvalue weighted by Crippen LogP contribution is 2.42. The molecule has 0 amide bonds. The molecular formula is C15H15BrN2S. The third-order valence-electron chi connectivity index (χ3n) is 3.09. The van der Waals surface area contributed by atoms with E-state index in [1.807, 2.05) is 6.07 Å². The van der Waals surface area contributed by atoms with Crippen molar-refractivity contribution in [3.05, 3.63) is 38.7 Å². The molecule has 0 spiro atoms. The number of anilines is 1. The lowest BCUT2D eigenvalue weighted by Gasteiger charge is -2.08. The molecule has 0 atom stereocenters. The molecule has 0 radical (unpaired) electrons. The van der Waals surface area contributed by atoms with E-state index in [2.05, 4.69) is 48.0 Å². The van der Waals surface area contributed by atoms with Crippen molar-refractivity contribution in [1.82, 2.24) is 0 Å². The van der Waals surface area contributed by atoms with E-state index >= 15 is 0 Å². The van der Waals surface area contributed by atoms with Crippen LogP contribution in [0.2, 0.25) is 0 Å². The van der Waals surface area contributed by atoms with Crippen LogP contribution in [-0.2, 0) is 6.42 Å². The van der Waals surface area contributed by atoms with Gasteiger partial charge in [-0.2, -0.15) is 5.26 Å². The van der Waals surface area contributed by atoms with Gasteiger partial charge < -0.3 is 5.73 Å². The van der Waals surface area contributed by atoms with E-state index in [4.69, 9.17) is 11.0 Å². The van der Waals surface area contributed by atoms with Crippen molar-refractivity contribution in [2.45, 2.75) is 26.7 Å². The van der Waals surface area contributed by atoms with E-state index in [0.29, 0.717) is 10.6 Å². The number of thiophene rings is 1. The lowest BCUT2D eigenvalue weighted by Crippen LogP contribution is -1.93. The minimum absolute atomic E-state index is 0.617. The standard InChI is InChI=1S/C15H15BrN2S/c1-3-5-11-14(18)12(8-17)19-15(11)10-7-4-6-9(2)13(10)16/h4,6-7H,3,5,18H2,1-2H3. The molecule has 2 rings (SSSR count). The first-order valence-electron chi connectivity index (χ1n) is 6.16. The number of hydrogen-bond acceptors (Lipinski definition) is 3. The van der Waals surface area contributed by atoms with Crippen LogP contribution in [0.5, 0.6) is 0 Å². The van der Waals surface area contributed by atoms with Gasteiger partial charge >= 0.3 is 0 Å². The number of halogens is 1. The monoisotopic (exact) mass is 334 g/mol. The second kappa shape index (κ2) is 5.77. The number of nitrogen functional groups attached to an aromatic ring is 1. The predicted molar refractivity (Wildman–Crippen MR) is 85.3 cm³/mol. The first-order chi connectivity index (χ1) is 9.10. The number of benzene rings is 1. The second-order valence-electron chi connectivity index (χ2n) is 4.45. The van der Waals surface area contributed by atoms with Gasteiger partial charge in [-0.05, 0) is 40.4 Å². The Morgan fingerprint density at radius 2 is 2.16 bits per heavy atom. The van der Waals surface area contributed by atoms with Gasteiger partial charge in [0.25, 0.3) is 0 Å². The first kappa shape index (κ1) is 14.1. The number of nitrogens with two attached hydrogens (primary N) is 1. The number of rotatable bonds is 3. The summed E-state index contributed by atoms with van der Waals surface area (Å²) in [7, 11) is 0. The van der Waals surface area contributed by atoms with Crippen molar-refractivity contribution in [3.8, 4) is 16.5 Å². The molecule has 0 bridgehead atoms. The predicted octanol–water partition coefficient (Wildman–Crippen LogP) is 4.89. The molecule has 2 nitrogen and oxygen atoms in total. The molecular weight excluding hydrogens is 320 g/mol. The normalized spacial score (nSPS) is 10.4. The van der Waals surface area contributed by atoms with Crippen LogP contribution in [0.1, 0.15) is 29.3 Å². The van der Waals surface area contributed by atoms with Gasteiger partial charge in [-0.25, -0.2) is 0 Å². The molecule has 0 saturated heterocycles. The molecule has 0 fully saturated rings. The van der Waals surface area contributed by atoms with Crippen molar-refractivity contribution in [1.29, 1.82) is 5.26 Å². The number of nitrogens with zero attached hydrogens (tertiary/aromatic N) is 1. The van der Waals surface area contributed by atoms with Crippen molar-refractivity contribution in [2.24, 2.45) is 0 Å². The second-order valence-corrected chi connectivity index (χ2v) is 6.26. The number of hydrogen-bond donors (Lipinski definition) is 1. The molecule has 2 N–H and O–H groups in total. The van der Waals surface area contributed by atoms with Gasteiger partial charge in [-0.1, -0.05) is 31.5 Å². The Morgan fingerprint density at radius 3 is 2.79 bits per heavy atom. The molecule has 0 aliphatic rings. The minimum atomic E-state index is 0.617. The fourth-order valence-corrected chi connectivity index (χ4v) is 3.79. The van der Waals surface area contributed by atoms with Gasteiger partial charge in [0, 0.05) is 14.9 Å². The Balaban J connectivity index is 2.68. The zero-order valence-electron chi connectivity index (χ0n) is 11.0. The molecule has 0 unspecified atom stereocenters. The third kappa shape index (κ3) is 2.54. The maximum Gasteiger partial charge on any atom is 0.128 e. The Labute approximate surface area is 126 Å². The summed E-state index contributed by atoms with van der Waals surface area (Å²) in [6, 6.07) is 8.37. The van der Waals surface area contributed by atoms with Gasteiger partial charge in [0.15, 0.2) is 0 Å². The van der Waals surface area contributed by atoms with Gasteiger partial charge in [-0.3, -0.25) is 0 Å². The highest BCUT2D eigenvalue weighted by Gasteiger charge is 2.18. The number of aryl methyl sites for hydroxylation is 1. The van der Waals surface area contributed by atoms with E-state index in [1.54, 1.807) is 0 Å². The van der Waals surface area contributed by atoms with Crippen molar-refractivity contribution >= 4 is 33.0 Å². The van der Waals surface area contributed by atoms with E-state index in [9.17, 15) is 0 Å². The SMILES string of the molecule is CCCc1c(-c2cccc(C)c2Br)sc(C#N)c1N. The molecule has 2 aromatic rings. The molecule has 0 aliphatic heterocycles. The van der Waals surface area contributed by atoms with Crippen LogP contribution >= 0.6 is 27.3 Å². The maximum atomic E-state index is 9.16. The summed E-state index contributed by atoms with van der Waals surface area (Å²) in [5.41, 5.74) is 10.2. The quantitative estimate of drug-likeness (QED) is 0.868. The van der Waals surface area contributed by atoms with Crippen molar-refractivity contribution in [3.63, 3.8) is 0 Å². The molecule has 98 valence electrons. The zero-order chi connectivity index (χ0) is 14.0. The lowest BCUT2D eigenvalue weighted by molar-refractivity contribution is 0.929. The third-order valence-corrected chi connectivity index (χ3v) is 5.32. The Morgan fingerprint density at radius 1 is 1.42 bits per heavy atom. The average molecular weight is 335 g/mol. The van der Waals surface area contributed by atoms with Gasteiger partial charge in [-0.15, -0.1) is 11.3 Å². The molecule has 19 heavy (non-hydrogen) atoms. The van der Waals surface area contributed by atoms with E-state index in [0.717, 1.165) is 33.3 Å². The molecule has 4 heteroatoms. The van der Waals surface area contributed by atoms with Gasteiger partial charge in [0.05, 0.1) is 5.69 Å². The van der Waals surface area contributed by atoms with Crippen LogP contribution in [0.4, 0.5) is 5.69 Å². The van der Waals surface area contributed by atoms with Crippen LogP contribution in [-0.4, -0.2) is 0 Å². The summed E-state index contributed by atoms with van der Waals surface area (Å²) in [6.07, 6.45) is 1.92. The largest absolute Gasteiger partial charge is 0.397 e. The Bertz CT molecular complexity index is 653. The van der Waals surface area contributed by atoms with Crippen LogP contribution in [0.25, 0.3) is 10.4 Å². The van der Waals surface area contributed by atoms with E-state index in [-0.39, 0.29) is 0 Å². The van der Waals surface area contributed by atoms with Crippen LogP contribution in [0.3, 0.4) is 0 Å². The minimum Gasteiger partial charge on any atom is -0.397 e. The Kier molecular flexibility index (Phi) is 4.28. The summed E-state index contributed by atoms with van der Waals surface area (Å²) >= 11 is 5.13. The molecule has 0 saturated carbocycles. The van der Waals surface area contributed by atoms with Crippen LogP contribution in [0.15, 0.2) is 22.7 Å². The summed E-state index contributed by atoms with van der Waals surface area (Å²) < 4.78 is 1.08. The topological polar surface area (TPSA) is 49.8 Å².